The molecule has 1 rings (SSSR count). The fraction of sp³-hybridized carbons (Fsp3) is 0.500. The Labute approximate surface area is 89.1 Å². The zero-order chi connectivity index (χ0) is 9.68. The maximum absolute atomic E-state index is 5.83. The number of aromatic nitrogens is 1. The van der Waals surface area contributed by atoms with Crippen LogP contribution < -0.4 is 0 Å². The number of rotatable bonds is 4. The van der Waals surface area contributed by atoms with Gasteiger partial charge < -0.3 is 0 Å². The molecule has 0 saturated heterocycles. The van der Waals surface area contributed by atoms with Gasteiger partial charge in [0.1, 0.15) is 5.15 Å². The second kappa shape index (κ2) is 5.46. The molecule has 1 heterocycles. The van der Waals surface area contributed by atoms with Crippen LogP contribution in [0.2, 0.25) is 10.2 Å². The Balaban J connectivity index is 2.53. The standard InChI is InChI=1S/C10H13Cl2N/c1-2-3-4-5-8-6-9(11)10(12)13-7-8/h6-7H,2-5H2,1H3. The minimum absolute atomic E-state index is 0.390. The molecule has 0 N–H and O–H groups in total. The summed E-state index contributed by atoms with van der Waals surface area (Å²) in [6.45, 7) is 2.19. The highest BCUT2D eigenvalue weighted by molar-refractivity contribution is 6.41. The molecule has 0 saturated carbocycles. The van der Waals surface area contributed by atoms with Crippen LogP contribution >= 0.6 is 23.2 Å². The van der Waals surface area contributed by atoms with Crippen LogP contribution in [0.4, 0.5) is 0 Å². The van der Waals surface area contributed by atoms with Crippen LogP contribution in [0.5, 0.6) is 0 Å². The largest absolute Gasteiger partial charge is 0.243 e. The summed E-state index contributed by atoms with van der Waals surface area (Å²) < 4.78 is 0. The van der Waals surface area contributed by atoms with Crippen LogP contribution in [0.25, 0.3) is 0 Å². The van der Waals surface area contributed by atoms with Gasteiger partial charge in [0.15, 0.2) is 0 Å². The summed E-state index contributed by atoms with van der Waals surface area (Å²) in [7, 11) is 0. The highest BCUT2D eigenvalue weighted by atomic mass is 35.5. The number of halogens is 2. The average Bonchev–Trinajstić information content (AvgIpc) is 2.12. The molecule has 1 aromatic rings. The third-order valence-corrected chi connectivity index (χ3v) is 2.61. The van der Waals surface area contributed by atoms with E-state index < -0.39 is 0 Å². The Morgan fingerprint density at radius 3 is 2.69 bits per heavy atom. The first-order chi connectivity index (χ1) is 6.24. The topological polar surface area (TPSA) is 12.9 Å². The minimum Gasteiger partial charge on any atom is -0.243 e. The Hall–Kier alpha value is -0.270. The smallest absolute Gasteiger partial charge is 0.147 e. The van der Waals surface area contributed by atoms with E-state index in [1.807, 2.05) is 6.07 Å². The second-order valence-electron chi connectivity index (χ2n) is 3.07. The molecule has 0 amide bonds. The van der Waals surface area contributed by atoms with E-state index in [1.165, 1.54) is 24.8 Å². The third kappa shape index (κ3) is 3.53. The molecule has 0 spiro atoms. The molecule has 0 fully saturated rings. The SMILES string of the molecule is CCCCCc1cnc(Cl)c(Cl)c1. The molecule has 0 aromatic carbocycles. The first kappa shape index (κ1) is 10.8. The maximum atomic E-state index is 5.83. The van der Waals surface area contributed by atoms with Crippen LogP contribution in [0.15, 0.2) is 12.3 Å². The van der Waals surface area contributed by atoms with Crippen LogP contribution in [-0.4, -0.2) is 4.98 Å². The number of hydrogen-bond acceptors (Lipinski definition) is 1. The molecule has 0 radical (unpaired) electrons. The summed E-state index contributed by atoms with van der Waals surface area (Å²) in [6, 6.07) is 1.90. The summed E-state index contributed by atoms with van der Waals surface area (Å²) in [5, 5.41) is 0.941. The monoisotopic (exact) mass is 217 g/mol. The molecular weight excluding hydrogens is 205 g/mol. The number of pyridine rings is 1. The lowest BCUT2D eigenvalue weighted by Gasteiger charge is -2.01. The van der Waals surface area contributed by atoms with E-state index in [-0.39, 0.29) is 0 Å². The van der Waals surface area contributed by atoms with Gasteiger partial charge in [0.05, 0.1) is 5.02 Å². The molecule has 0 aliphatic heterocycles. The molecule has 0 atom stereocenters. The lowest BCUT2D eigenvalue weighted by atomic mass is 10.1. The van der Waals surface area contributed by atoms with Gasteiger partial charge in [0.25, 0.3) is 0 Å². The highest BCUT2D eigenvalue weighted by Crippen LogP contribution is 2.20. The summed E-state index contributed by atoms with van der Waals surface area (Å²) >= 11 is 11.5. The van der Waals surface area contributed by atoms with E-state index in [1.54, 1.807) is 6.20 Å². The van der Waals surface area contributed by atoms with Crippen molar-refractivity contribution in [2.24, 2.45) is 0 Å². The van der Waals surface area contributed by atoms with E-state index >= 15 is 0 Å². The van der Waals surface area contributed by atoms with Crippen molar-refractivity contribution >= 4 is 23.2 Å². The van der Waals surface area contributed by atoms with E-state index in [4.69, 9.17) is 23.2 Å². The summed E-state index contributed by atoms with van der Waals surface area (Å²) in [6.07, 6.45) is 6.51. The molecule has 0 aliphatic rings. The van der Waals surface area contributed by atoms with Gasteiger partial charge in [-0.15, -0.1) is 0 Å². The van der Waals surface area contributed by atoms with E-state index in [2.05, 4.69) is 11.9 Å². The van der Waals surface area contributed by atoms with Crippen molar-refractivity contribution in [1.29, 1.82) is 0 Å². The van der Waals surface area contributed by atoms with E-state index in [0.717, 1.165) is 6.42 Å². The molecule has 13 heavy (non-hydrogen) atoms. The molecule has 3 heteroatoms. The van der Waals surface area contributed by atoms with Crippen molar-refractivity contribution in [2.45, 2.75) is 32.6 Å². The van der Waals surface area contributed by atoms with Crippen LogP contribution in [0, 0.1) is 0 Å². The molecule has 1 aromatic heterocycles. The summed E-state index contributed by atoms with van der Waals surface area (Å²) in [4.78, 5) is 3.99. The number of unbranched alkanes of at least 4 members (excludes halogenated alkanes) is 2. The average molecular weight is 218 g/mol. The van der Waals surface area contributed by atoms with Crippen molar-refractivity contribution in [3.63, 3.8) is 0 Å². The van der Waals surface area contributed by atoms with Crippen LogP contribution in [-0.2, 0) is 6.42 Å². The number of nitrogens with zero attached hydrogens (tertiary/aromatic N) is 1. The predicted molar refractivity (Wildman–Crippen MR) is 57.5 cm³/mol. The molecule has 72 valence electrons. The highest BCUT2D eigenvalue weighted by Gasteiger charge is 2.00. The molecular formula is C10H13Cl2N. The van der Waals surface area contributed by atoms with E-state index in [0.29, 0.717) is 10.2 Å². The fourth-order valence-corrected chi connectivity index (χ4v) is 1.47. The van der Waals surface area contributed by atoms with Crippen LogP contribution in [0.1, 0.15) is 31.7 Å². The Morgan fingerprint density at radius 1 is 1.31 bits per heavy atom. The first-order valence-corrected chi connectivity index (χ1v) is 5.29. The van der Waals surface area contributed by atoms with Gasteiger partial charge in [0, 0.05) is 6.20 Å². The summed E-state index contributed by atoms with van der Waals surface area (Å²) in [5.41, 5.74) is 1.17. The van der Waals surface area contributed by atoms with Crippen molar-refractivity contribution < 1.29 is 0 Å². The van der Waals surface area contributed by atoms with Crippen molar-refractivity contribution in [3.8, 4) is 0 Å². The van der Waals surface area contributed by atoms with Crippen LogP contribution in [0.3, 0.4) is 0 Å². The van der Waals surface area contributed by atoms with E-state index in [9.17, 15) is 0 Å². The predicted octanol–water partition coefficient (Wildman–Crippen LogP) is 4.12. The molecule has 1 nitrogen and oxygen atoms in total. The van der Waals surface area contributed by atoms with Gasteiger partial charge in [0.2, 0.25) is 0 Å². The second-order valence-corrected chi connectivity index (χ2v) is 3.84. The number of aryl methyl sites for hydroxylation is 1. The normalized spacial score (nSPS) is 10.4. The first-order valence-electron chi connectivity index (χ1n) is 4.54. The van der Waals surface area contributed by atoms with Gasteiger partial charge in [-0.1, -0.05) is 43.0 Å². The van der Waals surface area contributed by atoms with Gasteiger partial charge in [-0.2, -0.15) is 0 Å². The van der Waals surface area contributed by atoms with Crippen molar-refractivity contribution in [3.05, 3.63) is 28.0 Å². The van der Waals surface area contributed by atoms with Crippen molar-refractivity contribution in [1.82, 2.24) is 4.98 Å². The Kier molecular flexibility index (Phi) is 4.54. The maximum Gasteiger partial charge on any atom is 0.147 e. The number of hydrogen-bond donors (Lipinski definition) is 0. The molecule has 0 bridgehead atoms. The minimum atomic E-state index is 0.390. The summed E-state index contributed by atoms with van der Waals surface area (Å²) in [5.74, 6) is 0. The third-order valence-electron chi connectivity index (χ3n) is 1.92. The molecule has 0 unspecified atom stereocenters. The van der Waals surface area contributed by atoms with Gasteiger partial charge >= 0.3 is 0 Å². The van der Waals surface area contributed by atoms with Crippen molar-refractivity contribution in [2.75, 3.05) is 0 Å². The van der Waals surface area contributed by atoms with Gasteiger partial charge in [-0.25, -0.2) is 4.98 Å². The Bertz CT molecular complexity index is 274. The lowest BCUT2D eigenvalue weighted by Crippen LogP contribution is -1.87. The fourth-order valence-electron chi connectivity index (χ4n) is 1.18. The zero-order valence-electron chi connectivity index (χ0n) is 7.69. The van der Waals surface area contributed by atoms with Gasteiger partial charge in [-0.3, -0.25) is 0 Å². The zero-order valence-corrected chi connectivity index (χ0v) is 9.20. The Morgan fingerprint density at radius 2 is 2.08 bits per heavy atom. The van der Waals surface area contributed by atoms with Gasteiger partial charge in [-0.05, 0) is 24.5 Å². The molecule has 0 aliphatic carbocycles. The lowest BCUT2D eigenvalue weighted by molar-refractivity contribution is 0.716. The quantitative estimate of drug-likeness (QED) is 0.547.